The van der Waals surface area contributed by atoms with Crippen LogP contribution in [0.5, 0.6) is 0 Å². The Kier molecular flexibility index (Phi) is 4.33. The highest BCUT2D eigenvalue weighted by atomic mass is 35.5. The van der Waals surface area contributed by atoms with Crippen LogP contribution in [0.3, 0.4) is 0 Å². The molecule has 0 amide bonds. The third-order valence-electron chi connectivity index (χ3n) is 2.06. The Morgan fingerprint density at radius 3 is 2.35 bits per heavy atom. The van der Waals surface area contributed by atoms with Gasteiger partial charge in [-0.15, -0.1) is 0 Å². The molecule has 17 heavy (non-hydrogen) atoms. The Hall–Kier alpha value is -2.24. The molecule has 0 heterocycles. The molecule has 0 bridgehead atoms. The molecule has 0 atom stereocenters. The molecule has 0 aliphatic carbocycles. The van der Waals surface area contributed by atoms with Crippen molar-refractivity contribution in [2.75, 3.05) is 18.0 Å². The fraction of sp³-hybridized carbons (Fsp3) is 0.182. The lowest BCUT2D eigenvalue weighted by Gasteiger charge is -2.19. The predicted octanol–water partition coefficient (Wildman–Crippen LogP) is 1.89. The maximum absolute atomic E-state index is 10.7. The molecule has 0 aliphatic rings. The first-order valence-electron chi connectivity index (χ1n) is 4.62. The second-order valence-electron chi connectivity index (χ2n) is 3.14. The molecule has 0 radical (unpaired) electrons. The summed E-state index contributed by atoms with van der Waals surface area (Å²) in [5.41, 5.74) is 0.535. The first-order chi connectivity index (χ1) is 8.10. The van der Waals surface area contributed by atoms with E-state index >= 15 is 0 Å². The predicted molar refractivity (Wildman–Crippen MR) is 61.9 cm³/mol. The van der Waals surface area contributed by atoms with E-state index in [2.05, 4.69) is 0 Å². The van der Waals surface area contributed by atoms with Crippen LogP contribution < -0.4 is 4.90 Å². The van der Waals surface area contributed by atoms with Gasteiger partial charge in [0.1, 0.15) is 13.1 Å². The third-order valence-corrected chi connectivity index (χ3v) is 2.36. The lowest BCUT2D eigenvalue weighted by Crippen LogP contribution is -2.24. The normalized spacial score (nSPS) is 9.12. The fourth-order valence-corrected chi connectivity index (χ4v) is 1.59. The van der Waals surface area contributed by atoms with Crippen LogP contribution in [0.15, 0.2) is 18.2 Å². The monoisotopic (exact) mass is 249 g/mol. The van der Waals surface area contributed by atoms with Gasteiger partial charge in [0.05, 0.1) is 28.4 Å². The summed E-state index contributed by atoms with van der Waals surface area (Å²) in [6.45, 7) is 0.0272. The van der Waals surface area contributed by atoms with E-state index in [0.29, 0.717) is 5.69 Å². The number of halogens is 1. The van der Waals surface area contributed by atoms with E-state index in [4.69, 9.17) is 27.2 Å². The van der Waals surface area contributed by atoms with E-state index in [-0.39, 0.29) is 23.7 Å². The van der Waals surface area contributed by atoms with E-state index in [1.165, 1.54) is 23.1 Å². The third kappa shape index (κ3) is 3.10. The smallest absolute Gasteiger partial charge is 0.335 e. The summed E-state index contributed by atoms with van der Waals surface area (Å²) in [6, 6.07) is 7.99. The molecule has 1 N–H and O–H groups in total. The first-order valence-corrected chi connectivity index (χ1v) is 4.99. The van der Waals surface area contributed by atoms with Crippen molar-refractivity contribution in [2.45, 2.75) is 0 Å². The van der Waals surface area contributed by atoms with E-state index in [1.807, 2.05) is 12.1 Å². The maximum atomic E-state index is 10.7. The van der Waals surface area contributed by atoms with Gasteiger partial charge < -0.3 is 10.0 Å². The van der Waals surface area contributed by atoms with Crippen LogP contribution in [0, 0.1) is 22.7 Å². The molecule has 0 fully saturated rings. The highest BCUT2D eigenvalue weighted by molar-refractivity contribution is 6.33. The second-order valence-corrected chi connectivity index (χ2v) is 3.55. The van der Waals surface area contributed by atoms with Crippen LogP contribution in [-0.2, 0) is 0 Å². The summed E-state index contributed by atoms with van der Waals surface area (Å²) in [5.74, 6) is -1.08. The van der Waals surface area contributed by atoms with Crippen molar-refractivity contribution in [2.24, 2.45) is 0 Å². The molecule has 0 saturated heterocycles. The Morgan fingerprint density at radius 2 is 1.94 bits per heavy atom. The van der Waals surface area contributed by atoms with E-state index < -0.39 is 5.97 Å². The molecule has 0 spiro atoms. The van der Waals surface area contributed by atoms with Crippen LogP contribution in [0.4, 0.5) is 5.69 Å². The number of hydrogen-bond acceptors (Lipinski definition) is 4. The van der Waals surface area contributed by atoms with Gasteiger partial charge in [0.2, 0.25) is 0 Å². The van der Waals surface area contributed by atoms with E-state index in [0.717, 1.165) is 0 Å². The number of aromatic carboxylic acids is 1. The van der Waals surface area contributed by atoms with Crippen molar-refractivity contribution in [3.8, 4) is 12.1 Å². The minimum atomic E-state index is -1.08. The van der Waals surface area contributed by atoms with Crippen molar-refractivity contribution in [3.63, 3.8) is 0 Å². The lowest BCUT2D eigenvalue weighted by atomic mass is 10.2. The highest BCUT2D eigenvalue weighted by Gasteiger charge is 2.12. The summed E-state index contributed by atoms with van der Waals surface area (Å²) in [4.78, 5) is 12.2. The summed E-state index contributed by atoms with van der Waals surface area (Å²) in [6.07, 6.45) is 0. The quantitative estimate of drug-likeness (QED) is 0.823. The van der Waals surface area contributed by atoms with Gasteiger partial charge in [-0.2, -0.15) is 10.5 Å². The van der Waals surface area contributed by atoms with Crippen molar-refractivity contribution < 1.29 is 9.90 Å². The van der Waals surface area contributed by atoms with Crippen LogP contribution in [0.25, 0.3) is 0 Å². The number of rotatable bonds is 4. The molecule has 0 aliphatic heterocycles. The molecular weight excluding hydrogens is 242 g/mol. The fourth-order valence-electron chi connectivity index (χ4n) is 1.29. The molecule has 1 aromatic rings. The largest absolute Gasteiger partial charge is 0.478 e. The molecule has 6 heteroatoms. The Labute approximate surface area is 103 Å². The van der Waals surface area contributed by atoms with E-state index in [9.17, 15) is 4.79 Å². The van der Waals surface area contributed by atoms with Crippen LogP contribution in [0.1, 0.15) is 10.4 Å². The zero-order chi connectivity index (χ0) is 12.8. The number of hydrogen-bond donors (Lipinski definition) is 1. The van der Waals surface area contributed by atoms with Crippen LogP contribution in [-0.4, -0.2) is 24.2 Å². The minimum Gasteiger partial charge on any atom is -0.478 e. The summed E-state index contributed by atoms with van der Waals surface area (Å²) in [7, 11) is 0. The zero-order valence-corrected chi connectivity index (χ0v) is 9.48. The van der Waals surface area contributed by atoms with Gasteiger partial charge in [-0.05, 0) is 18.2 Å². The minimum absolute atomic E-state index is 0.0136. The SMILES string of the molecule is N#CCN(CC#N)c1ccc(C(=O)O)cc1Cl. The topological polar surface area (TPSA) is 88.1 Å². The summed E-state index contributed by atoms with van der Waals surface area (Å²) in [5, 5.41) is 26.2. The van der Waals surface area contributed by atoms with Crippen molar-refractivity contribution in [1.29, 1.82) is 10.5 Å². The Balaban J connectivity index is 3.09. The van der Waals surface area contributed by atoms with Gasteiger partial charge >= 0.3 is 5.97 Å². The molecule has 1 aromatic carbocycles. The lowest BCUT2D eigenvalue weighted by molar-refractivity contribution is 0.0697. The van der Waals surface area contributed by atoms with Crippen molar-refractivity contribution in [1.82, 2.24) is 0 Å². The molecule has 0 saturated carbocycles. The zero-order valence-electron chi connectivity index (χ0n) is 8.72. The van der Waals surface area contributed by atoms with Gasteiger partial charge in [-0.3, -0.25) is 0 Å². The standard InChI is InChI=1S/C11H8ClN3O2/c12-9-7-8(11(16)17)1-2-10(9)15(5-3-13)6-4-14/h1-2,7H,5-6H2,(H,16,17). The van der Waals surface area contributed by atoms with Gasteiger partial charge in [0, 0.05) is 0 Å². The number of carboxylic acids is 1. The van der Waals surface area contributed by atoms with Crippen molar-refractivity contribution in [3.05, 3.63) is 28.8 Å². The molecule has 0 aromatic heterocycles. The molecular formula is C11H8ClN3O2. The Morgan fingerprint density at radius 1 is 1.35 bits per heavy atom. The number of benzene rings is 1. The van der Waals surface area contributed by atoms with Crippen LogP contribution >= 0.6 is 11.6 Å². The average Bonchev–Trinajstić information content (AvgIpc) is 2.28. The average molecular weight is 250 g/mol. The number of nitrogens with zero attached hydrogens (tertiary/aromatic N) is 3. The number of carbonyl (C=O) groups is 1. The van der Waals surface area contributed by atoms with Gasteiger partial charge in [0.15, 0.2) is 0 Å². The first kappa shape index (κ1) is 12.8. The van der Waals surface area contributed by atoms with Gasteiger partial charge in [0.25, 0.3) is 0 Å². The Bertz CT molecular complexity index is 500. The van der Waals surface area contributed by atoms with E-state index in [1.54, 1.807) is 0 Å². The van der Waals surface area contributed by atoms with Crippen molar-refractivity contribution >= 4 is 23.3 Å². The second kappa shape index (κ2) is 5.74. The maximum Gasteiger partial charge on any atom is 0.335 e. The van der Waals surface area contributed by atoms with Crippen LogP contribution in [0.2, 0.25) is 5.02 Å². The summed E-state index contributed by atoms with van der Waals surface area (Å²) < 4.78 is 0. The molecule has 5 nitrogen and oxygen atoms in total. The van der Waals surface area contributed by atoms with Gasteiger partial charge in [-0.25, -0.2) is 4.79 Å². The number of anilines is 1. The molecule has 86 valence electrons. The summed E-state index contributed by atoms with van der Waals surface area (Å²) >= 11 is 5.92. The number of nitriles is 2. The highest BCUT2D eigenvalue weighted by Crippen LogP contribution is 2.26. The molecule has 1 rings (SSSR count). The van der Waals surface area contributed by atoms with Gasteiger partial charge in [-0.1, -0.05) is 11.6 Å². The number of carboxylic acid groups (broad SMARTS) is 1. The molecule has 0 unspecified atom stereocenters.